The standard InChI is InChI=1S/C24H20F3N3O3S/c25-24(26,27)19-8-4-7-18(15-19)22(32)29-30-23(34)28-21(31)17-9-11-20(12-10-17)33-14-13-16-5-2-1-3-6-16/h1-12,15H,13-14H2,(H,29,32)(H2,28,30,31,34). The van der Waals surface area contributed by atoms with Crippen molar-refractivity contribution in [2.45, 2.75) is 12.6 Å². The Morgan fingerprint density at radius 3 is 2.21 bits per heavy atom. The lowest BCUT2D eigenvalue weighted by Crippen LogP contribution is -2.48. The monoisotopic (exact) mass is 487 g/mol. The highest BCUT2D eigenvalue weighted by Gasteiger charge is 2.30. The molecule has 34 heavy (non-hydrogen) atoms. The van der Waals surface area contributed by atoms with Gasteiger partial charge < -0.3 is 4.74 Å². The van der Waals surface area contributed by atoms with E-state index in [0.717, 1.165) is 24.1 Å². The van der Waals surface area contributed by atoms with Crippen LogP contribution in [0.15, 0.2) is 78.9 Å². The molecule has 0 aliphatic carbocycles. The summed E-state index contributed by atoms with van der Waals surface area (Å²) in [7, 11) is 0. The number of carbonyl (C=O) groups is 2. The van der Waals surface area contributed by atoms with Gasteiger partial charge in [-0.25, -0.2) is 0 Å². The second-order valence-electron chi connectivity index (χ2n) is 7.05. The fraction of sp³-hybridized carbons (Fsp3) is 0.125. The van der Waals surface area contributed by atoms with Crippen LogP contribution in [0.2, 0.25) is 0 Å². The number of rotatable bonds is 6. The largest absolute Gasteiger partial charge is 0.493 e. The van der Waals surface area contributed by atoms with Gasteiger partial charge in [-0.15, -0.1) is 0 Å². The van der Waals surface area contributed by atoms with Crippen LogP contribution in [0, 0.1) is 0 Å². The summed E-state index contributed by atoms with van der Waals surface area (Å²) in [5, 5.41) is 2.14. The molecule has 3 N–H and O–H groups in total. The summed E-state index contributed by atoms with van der Waals surface area (Å²) >= 11 is 4.95. The third kappa shape index (κ3) is 7.31. The fourth-order valence-corrected chi connectivity index (χ4v) is 3.01. The molecule has 3 rings (SSSR count). The Morgan fingerprint density at radius 1 is 0.824 bits per heavy atom. The summed E-state index contributed by atoms with van der Waals surface area (Å²) in [6, 6.07) is 20.2. The quantitative estimate of drug-likeness (QED) is 0.358. The molecule has 0 heterocycles. The number of ether oxygens (including phenoxy) is 1. The topological polar surface area (TPSA) is 79.5 Å². The van der Waals surface area contributed by atoms with Gasteiger partial charge in [0.25, 0.3) is 11.8 Å². The Bertz CT molecular complexity index is 1150. The maximum Gasteiger partial charge on any atom is 0.416 e. The molecule has 2 amide bonds. The molecule has 3 aromatic rings. The second-order valence-corrected chi connectivity index (χ2v) is 7.46. The molecule has 0 radical (unpaired) electrons. The van der Waals surface area contributed by atoms with E-state index in [9.17, 15) is 22.8 Å². The van der Waals surface area contributed by atoms with Gasteiger partial charge in [0.05, 0.1) is 12.2 Å². The minimum atomic E-state index is -4.57. The number of halogens is 3. The first-order valence-electron chi connectivity index (χ1n) is 10.1. The highest BCUT2D eigenvalue weighted by atomic mass is 32.1. The lowest BCUT2D eigenvalue weighted by Gasteiger charge is -2.12. The van der Waals surface area contributed by atoms with Gasteiger partial charge in [-0.2, -0.15) is 13.2 Å². The number of hydrogen-bond donors (Lipinski definition) is 3. The summed E-state index contributed by atoms with van der Waals surface area (Å²) in [4.78, 5) is 24.4. The molecular weight excluding hydrogens is 467 g/mol. The van der Waals surface area contributed by atoms with Gasteiger partial charge in [0.1, 0.15) is 5.75 Å². The number of thiocarbonyl (C=S) groups is 1. The number of hydrogen-bond acceptors (Lipinski definition) is 4. The molecule has 6 nitrogen and oxygen atoms in total. The Balaban J connectivity index is 1.45. The van der Waals surface area contributed by atoms with Crippen molar-refractivity contribution in [2.24, 2.45) is 0 Å². The molecule has 10 heteroatoms. The molecule has 0 spiro atoms. The lowest BCUT2D eigenvalue weighted by molar-refractivity contribution is -0.137. The highest BCUT2D eigenvalue weighted by molar-refractivity contribution is 7.80. The Hall–Kier alpha value is -3.92. The number of nitrogens with one attached hydrogen (secondary N) is 3. The average molecular weight is 488 g/mol. The lowest BCUT2D eigenvalue weighted by atomic mass is 10.1. The molecular formula is C24H20F3N3O3S. The Labute approximate surface area is 199 Å². The van der Waals surface area contributed by atoms with Gasteiger partial charge in [-0.05, 0) is 60.2 Å². The predicted octanol–water partition coefficient (Wildman–Crippen LogP) is 4.28. The van der Waals surface area contributed by atoms with Crippen LogP contribution in [-0.2, 0) is 12.6 Å². The van der Waals surface area contributed by atoms with E-state index in [1.807, 2.05) is 30.3 Å². The zero-order chi connectivity index (χ0) is 24.6. The van der Waals surface area contributed by atoms with E-state index in [1.54, 1.807) is 24.3 Å². The van der Waals surface area contributed by atoms with Crippen LogP contribution in [0.5, 0.6) is 5.75 Å². The maximum atomic E-state index is 12.8. The van der Waals surface area contributed by atoms with Crippen molar-refractivity contribution in [3.63, 3.8) is 0 Å². The van der Waals surface area contributed by atoms with E-state index in [1.165, 1.54) is 6.07 Å². The molecule has 0 atom stereocenters. The van der Waals surface area contributed by atoms with Crippen molar-refractivity contribution in [3.05, 3.63) is 101 Å². The molecule has 0 aliphatic rings. The van der Waals surface area contributed by atoms with Gasteiger partial charge in [-0.1, -0.05) is 36.4 Å². The number of alkyl halides is 3. The number of hydrazine groups is 1. The predicted molar refractivity (Wildman–Crippen MR) is 124 cm³/mol. The van der Waals surface area contributed by atoms with Crippen molar-refractivity contribution >= 4 is 29.1 Å². The third-order valence-corrected chi connectivity index (χ3v) is 4.79. The first-order chi connectivity index (χ1) is 16.2. The molecule has 176 valence electrons. The van der Waals surface area contributed by atoms with Crippen molar-refractivity contribution in [3.8, 4) is 5.75 Å². The Kier molecular flexibility index (Phi) is 8.20. The van der Waals surface area contributed by atoms with E-state index in [2.05, 4.69) is 16.2 Å². The van der Waals surface area contributed by atoms with E-state index < -0.39 is 23.6 Å². The Morgan fingerprint density at radius 2 is 1.53 bits per heavy atom. The summed E-state index contributed by atoms with van der Waals surface area (Å²) in [6.07, 6.45) is -3.83. The van der Waals surface area contributed by atoms with Crippen molar-refractivity contribution in [1.82, 2.24) is 16.2 Å². The highest BCUT2D eigenvalue weighted by Crippen LogP contribution is 2.29. The van der Waals surface area contributed by atoms with Crippen LogP contribution >= 0.6 is 12.2 Å². The van der Waals surface area contributed by atoms with Crippen molar-refractivity contribution in [1.29, 1.82) is 0 Å². The second kappa shape index (κ2) is 11.3. The van der Waals surface area contributed by atoms with Crippen molar-refractivity contribution in [2.75, 3.05) is 6.61 Å². The number of benzene rings is 3. The first kappa shape index (κ1) is 24.7. The number of amides is 2. The summed E-state index contributed by atoms with van der Waals surface area (Å²) in [5.41, 5.74) is 4.71. The van der Waals surface area contributed by atoms with Crippen molar-refractivity contribution < 1.29 is 27.5 Å². The third-order valence-electron chi connectivity index (χ3n) is 4.59. The van der Waals surface area contributed by atoms with Gasteiger partial charge in [-0.3, -0.25) is 25.8 Å². The minimum absolute atomic E-state index is 0.223. The van der Waals surface area contributed by atoms with Crippen LogP contribution in [0.4, 0.5) is 13.2 Å². The summed E-state index contributed by atoms with van der Waals surface area (Å²) in [5.74, 6) is -0.789. The zero-order valence-electron chi connectivity index (χ0n) is 17.7. The molecule has 0 saturated heterocycles. The van der Waals surface area contributed by atoms with Crippen LogP contribution in [-0.4, -0.2) is 23.5 Å². The summed E-state index contributed by atoms with van der Waals surface area (Å²) < 4.78 is 44.0. The van der Waals surface area contributed by atoms with E-state index in [4.69, 9.17) is 17.0 Å². The van der Waals surface area contributed by atoms with E-state index >= 15 is 0 Å². The average Bonchev–Trinajstić information content (AvgIpc) is 2.83. The summed E-state index contributed by atoms with van der Waals surface area (Å²) in [6.45, 7) is 0.481. The van der Waals surface area contributed by atoms with Crippen LogP contribution in [0.3, 0.4) is 0 Å². The van der Waals surface area contributed by atoms with E-state index in [0.29, 0.717) is 24.0 Å². The molecule has 0 saturated carbocycles. The zero-order valence-corrected chi connectivity index (χ0v) is 18.5. The molecule has 0 aliphatic heterocycles. The van der Waals surface area contributed by atoms with Gasteiger partial charge in [0.2, 0.25) is 0 Å². The minimum Gasteiger partial charge on any atom is -0.493 e. The van der Waals surface area contributed by atoms with Crippen LogP contribution in [0.25, 0.3) is 0 Å². The fourth-order valence-electron chi connectivity index (χ4n) is 2.86. The smallest absolute Gasteiger partial charge is 0.416 e. The van der Waals surface area contributed by atoms with Gasteiger partial charge >= 0.3 is 6.18 Å². The molecule has 3 aromatic carbocycles. The van der Waals surface area contributed by atoms with Gasteiger partial charge in [0.15, 0.2) is 5.11 Å². The first-order valence-corrected chi connectivity index (χ1v) is 10.5. The molecule has 0 fully saturated rings. The van der Waals surface area contributed by atoms with E-state index in [-0.39, 0.29) is 10.7 Å². The normalized spacial score (nSPS) is 10.8. The maximum absolute atomic E-state index is 12.8. The molecule has 0 bridgehead atoms. The van der Waals surface area contributed by atoms with Gasteiger partial charge in [0, 0.05) is 17.5 Å². The van der Waals surface area contributed by atoms with Crippen LogP contribution in [0.1, 0.15) is 31.8 Å². The molecule has 0 aromatic heterocycles. The number of carbonyl (C=O) groups excluding carboxylic acids is 2. The molecule has 0 unspecified atom stereocenters. The van der Waals surface area contributed by atoms with Crippen LogP contribution < -0.4 is 20.9 Å². The SMILES string of the molecule is O=C(NNC(=S)NC(=O)c1ccc(OCCc2ccccc2)cc1)c1cccc(C(F)(F)F)c1.